The number of aromatic amines is 1. The van der Waals surface area contributed by atoms with Gasteiger partial charge in [0.05, 0.1) is 40.8 Å². The van der Waals surface area contributed by atoms with Gasteiger partial charge in [0.1, 0.15) is 5.65 Å². The van der Waals surface area contributed by atoms with Gasteiger partial charge < -0.3 is 4.90 Å². The fourth-order valence-electron chi connectivity index (χ4n) is 4.83. The molecule has 1 N–H and O–H groups in total. The summed E-state index contributed by atoms with van der Waals surface area (Å²) in [6, 6.07) is 10.4. The third-order valence-corrected chi connectivity index (χ3v) is 8.41. The monoisotopic (exact) mass is 489 g/mol. The third-order valence-electron chi connectivity index (χ3n) is 6.80. The Morgan fingerprint density at radius 1 is 1.06 bits per heavy atom. The van der Waals surface area contributed by atoms with Crippen LogP contribution < -0.4 is 0 Å². The molecule has 0 amide bonds. The number of hydrogen-bond donors (Lipinski definition) is 1. The second kappa shape index (κ2) is 8.62. The van der Waals surface area contributed by atoms with Crippen LogP contribution in [0, 0.1) is 0 Å². The van der Waals surface area contributed by atoms with Gasteiger partial charge in [-0.25, -0.2) is 13.4 Å². The first kappa shape index (κ1) is 22.0. The molecule has 35 heavy (non-hydrogen) atoms. The first-order valence-electron chi connectivity index (χ1n) is 11.8. The Morgan fingerprint density at radius 2 is 1.91 bits per heavy atom. The SMILES string of the molecule is Cn1cc(-n2cc(CCCN3CCS(=O)(=O)CC3)c3ccc(-c4ccc5[nH]ncc5c4)nc32)cn1. The number of nitrogens with one attached hydrogen (secondary N) is 1. The zero-order chi connectivity index (χ0) is 24.0. The van der Waals surface area contributed by atoms with E-state index in [4.69, 9.17) is 4.98 Å². The van der Waals surface area contributed by atoms with E-state index in [1.54, 1.807) is 4.68 Å². The van der Waals surface area contributed by atoms with Crippen LogP contribution in [0.1, 0.15) is 12.0 Å². The maximum Gasteiger partial charge on any atom is 0.152 e. The highest BCUT2D eigenvalue weighted by Gasteiger charge is 2.21. The van der Waals surface area contributed by atoms with Gasteiger partial charge >= 0.3 is 0 Å². The zero-order valence-electron chi connectivity index (χ0n) is 19.6. The number of pyridine rings is 1. The van der Waals surface area contributed by atoms with Crippen molar-refractivity contribution in [3.05, 3.63) is 60.7 Å². The lowest BCUT2D eigenvalue weighted by Gasteiger charge is -2.26. The van der Waals surface area contributed by atoms with Crippen LogP contribution in [0.4, 0.5) is 0 Å². The summed E-state index contributed by atoms with van der Waals surface area (Å²) in [5.41, 5.74) is 6.06. The van der Waals surface area contributed by atoms with Gasteiger partial charge in [-0.05, 0) is 49.2 Å². The van der Waals surface area contributed by atoms with E-state index in [0.717, 1.165) is 58.3 Å². The Kier molecular flexibility index (Phi) is 5.42. The molecule has 10 heteroatoms. The maximum atomic E-state index is 11.7. The summed E-state index contributed by atoms with van der Waals surface area (Å²) in [7, 11) is -0.939. The van der Waals surface area contributed by atoms with Gasteiger partial charge in [0.15, 0.2) is 9.84 Å². The highest BCUT2D eigenvalue weighted by molar-refractivity contribution is 7.91. The molecule has 6 rings (SSSR count). The molecule has 180 valence electrons. The molecule has 5 heterocycles. The molecule has 1 aromatic carbocycles. The summed E-state index contributed by atoms with van der Waals surface area (Å²) in [4.78, 5) is 7.33. The number of aryl methyl sites for hydroxylation is 2. The lowest BCUT2D eigenvalue weighted by atomic mass is 10.1. The van der Waals surface area contributed by atoms with Crippen molar-refractivity contribution in [1.82, 2.24) is 34.4 Å². The molecule has 0 aliphatic carbocycles. The van der Waals surface area contributed by atoms with Crippen molar-refractivity contribution in [2.24, 2.45) is 7.05 Å². The van der Waals surface area contributed by atoms with E-state index in [1.165, 1.54) is 5.56 Å². The minimum Gasteiger partial charge on any atom is -0.301 e. The molecule has 1 aliphatic rings. The van der Waals surface area contributed by atoms with E-state index in [1.807, 2.05) is 31.7 Å². The molecule has 9 nitrogen and oxygen atoms in total. The predicted molar refractivity (Wildman–Crippen MR) is 136 cm³/mol. The van der Waals surface area contributed by atoms with Crippen molar-refractivity contribution in [1.29, 1.82) is 0 Å². The van der Waals surface area contributed by atoms with Gasteiger partial charge in [-0.2, -0.15) is 10.2 Å². The second-order valence-corrected chi connectivity index (χ2v) is 11.5. The molecule has 0 unspecified atom stereocenters. The number of H-pyrrole nitrogens is 1. The fraction of sp³-hybridized carbons (Fsp3) is 0.320. The molecular weight excluding hydrogens is 462 g/mol. The van der Waals surface area contributed by atoms with Gasteiger partial charge in [-0.3, -0.25) is 14.3 Å². The van der Waals surface area contributed by atoms with Crippen LogP contribution in [0.5, 0.6) is 0 Å². The summed E-state index contributed by atoms with van der Waals surface area (Å²) >= 11 is 0. The van der Waals surface area contributed by atoms with Crippen LogP contribution in [-0.2, 0) is 23.3 Å². The molecule has 0 radical (unpaired) electrons. The molecule has 0 spiro atoms. The van der Waals surface area contributed by atoms with Crippen molar-refractivity contribution < 1.29 is 8.42 Å². The number of hydrogen-bond acceptors (Lipinski definition) is 6. The largest absolute Gasteiger partial charge is 0.301 e. The van der Waals surface area contributed by atoms with Crippen molar-refractivity contribution in [2.75, 3.05) is 31.1 Å². The van der Waals surface area contributed by atoms with Crippen LogP contribution in [0.3, 0.4) is 0 Å². The summed E-state index contributed by atoms with van der Waals surface area (Å²) in [5, 5.41) is 13.7. The molecule has 1 aliphatic heterocycles. The molecule has 5 aromatic rings. The Labute approximate surface area is 203 Å². The third kappa shape index (κ3) is 4.35. The van der Waals surface area contributed by atoms with Crippen LogP contribution in [-0.4, -0.2) is 74.0 Å². The minimum atomic E-state index is -2.85. The molecule has 0 saturated carbocycles. The molecule has 0 atom stereocenters. The normalized spacial score (nSPS) is 16.4. The number of nitrogens with zero attached hydrogens (tertiary/aromatic N) is 6. The van der Waals surface area contributed by atoms with Gasteiger partial charge in [0.25, 0.3) is 0 Å². The smallest absolute Gasteiger partial charge is 0.152 e. The van der Waals surface area contributed by atoms with Gasteiger partial charge in [0.2, 0.25) is 0 Å². The first-order valence-corrected chi connectivity index (χ1v) is 13.6. The van der Waals surface area contributed by atoms with Crippen molar-refractivity contribution >= 4 is 31.8 Å². The fourth-order valence-corrected chi connectivity index (χ4v) is 6.10. The molecule has 1 fully saturated rings. The Hall–Kier alpha value is -3.50. The van der Waals surface area contributed by atoms with Crippen molar-refractivity contribution in [3.8, 4) is 16.9 Å². The number of fused-ring (bicyclic) bond motifs is 2. The average molecular weight is 490 g/mol. The van der Waals surface area contributed by atoms with E-state index in [-0.39, 0.29) is 11.5 Å². The van der Waals surface area contributed by atoms with E-state index in [9.17, 15) is 8.42 Å². The molecule has 1 saturated heterocycles. The highest BCUT2D eigenvalue weighted by atomic mass is 32.2. The Balaban J connectivity index is 1.31. The van der Waals surface area contributed by atoms with E-state index in [0.29, 0.717) is 13.1 Å². The van der Waals surface area contributed by atoms with Gasteiger partial charge in [0, 0.05) is 48.9 Å². The average Bonchev–Trinajstić information content (AvgIpc) is 3.58. The highest BCUT2D eigenvalue weighted by Crippen LogP contribution is 2.29. The van der Waals surface area contributed by atoms with Crippen LogP contribution >= 0.6 is 0 Å². The van der Waals surface area contributed by atoms with Crippen LogP contribution in [0.15, 0.2) is 55.1 Å². The predicted octanol–water partition coefficient (Wildman–Crippen LogP) is 2.97. The summed E-state index contributed by atoms with van der Waals surface area (Å²) < 4.78 is 27.3. The van der Waals surface area contributed by atoms with Crippen molar-refractivity contribution in [2.45, 2.75) is 12.8 Å². The van der Waals surface area contributed by atoms with Crippen LogP contribution in [0.25, 0.3) is 38.9 Å². The summed E-state index contributed by atoms with van der Waals surface area (Å²) in [5.74, 6) is 0.537. The minimum absolute atomic E-state index is 0.268. The second-order valence-electron chi connectivity index (χ2n) is 9.23. The van der Waals surface area contributed by atoms with E-state index < -0.39 is 9.84 Å². The first-order chi connectivity index (χ1) is 16.9. The lowest BCUT2D eigenvalue weighted by molar-refractivity contribution is 0.292. The zero-order valence-corrected chi connectivity index (χ0v) is 20.4. The van der Waals surface area contributed by atoms with Crippen molar-refractivity contribution in [3.63, 3.8) is 0 Å². The molecular formula is C25H27N7O2S. The number of aromatic nitrogens is 6. The number of benzene rings is 1. The maximum absolute atomic E-state index is 11.7. The summed E-state index contributed by atoms with van der Waals surface area (Å²) in [6.45, 7) is 2.16. The summed E-state index contributed by atoms with van der Waals surface area (Å²) in [6.07, 6.45) is 9.69. The molecule has 0 bridgehead atoms. The lowest BCUT2D eigenvalue weighted by Crippen LogP contribution is -2.40. The standard InChI is InChI=1S/C25H27N7O2S/c1-30-17-21(15-27-30)32-16-19(3-2-8-31-9-11-35(33,34)12-10-31)22-5-7-23(28-25(22)32)18-4-6-24-20(13-18)14-26-29-24/h4-7,13-17H,2-3,8-12H2,1H3,(H,26,29). The van der Waals surface area contributed by atoms with E-state index >= 15 is 0 Å². The Bertz CT molecular complexity index is 1620. The van der Waals surface area contributed by atoms with E-state index in [2.05, 4.69) is 55.2 Å². The van der Waals surface area contributed by atoms with Crippen LogP contribution in [0.2, 0.25) is 0 Å². The molecule has 4 aromatic heterocycles. The quantitative estimate of drug-likeness (QED) is 0.394. The number of sulfone groups is 1. The Morgan fingerprint density at radius 3 is 2.71 bits per heavy atom. The van der Waals surface area contributed by atoms with Gasteiger partial charge in [-0.15, -0.1) is 0 Å². The van der Waals surface area contributed by atoms with Gasteiger partial charge in [-0.1, -0.05) is 6.07 Å². The topological polar surface area (TPSA) is 102 Å². The number of rotatable bonds is 6.